The Morgan fingerprint density at radius 3 is 3.03 bits per heavy atom. The number of carbonyl (C=O) groups is 1. The Hall–Kier alpha value is -2.97. The van der Waals surface area contributed by atoms with Gasteiger partial charge in [-0.1, -0.05) is 12.1 Å². The molecule has 1 aliphatic rings. The summed E-state index contributed by atoms with van der Waals surface area (Å²) >= 11 is 1.64. The fourth-order valence-electron chi connectivity index (χ4n) is 3.65. The molecule has 0 atom stereocenters. The van der Waals surface area contributed by atoms with Crippen molar-refractivity contribution in [1.82, 2.24) is 19.8 Å². The number of thiophene rings is 1. The second-order valence-electron chi connectivity index (χ2n) is 7.67. The fourth-order valence-corrected chi connectivity index (χ4v) is 4.85. The van der Waals surface area contributed by atoms with Crippen molar-refractivity contribution in [3.8, 4) is 5.75 Å². The second kappa shape index (κ2) is 9.45. The summed E-state index contributed by atoms with van der Waals surface area (Å²) in [6, 6.07) is 7.86. The van der Waals surface area contributed by atoms with Crippen LogP contribution in [0.1, 0.15) is 17.4 Å². The van der Waals surface area contributed by atoms with E-state index in [2.05, 4.69) is 15.3 Å². The maximum Gasteiger partial charge on any atom is 0.246 e. The molecule has 0 bridgehead atoms. The molecule has 1 aliphatic heterocycles. The Morgan fingerprint density at radius 1 is 1.35 bits per heavy atom. The highest BCUT2D eigenvalue weighted by Gasteiger charge is 2.25. The number of nitrogens with zero attached hydrogens (tertiary/aromatic N) is 4. The molecule has 31 heavy (non-hydrogen) atoms. The zero-order valence-electron chi connectivity index (χ0n) is 18.1. The van der Waals surface area contributed by atoms with Crippen molar-refractivity contribution >= 4 is 39.0 Å². The lowest BCUT2D eigenvalue weighted by Gasteiger charge is -2.26. The van der Waals surface area contributed by atoms with Crippen LogP contribution in [0.5, 0.6) is 5.75 Å². The Kier molecular flexibility index (Phi) is 6.48. The minimum absolute atomic E-state index is 0.0575. The summed E-state index contributed by atoms with van der Waals surface area (Å²) in [5.74, 6) is 1.67. The first-order valence-corrected chi connectivity index (χ1v) is 11.2. The van der Waals surface area contributed by atoms with Crippen molar-refractivity contribution in [2.24, 2.45) is 0 Å². The minimum atomic E-state index is 0.0575. The molecule has 0 spiro atoms. The minimum Gasteiger partial charge on any atom is -0.494 e. The summed E-state index contributed by atoms with van der Waals surface area (Å²) < 4.78 is 5.61. The van der Waals surface area contributed by atoms with E-state index >= 15 is 0 Å². The van der Waals surface area contributed by atoms with Crippen LogP contribution in [0.3, 0.4) is 0 Å². The SMILES string of the molecule is CCOc1cccc(Nc2ncnc3sc4c(c23)CCN(C(=O)C=CCN(C)C)C4)c1. The number of amides is 1. The molecule has 0 aliphatic carbocycles. The summed E-state index contributed by atoms with van der Waals surface area (Å²) in [6.45, 7) is 4.65. The predicted molar refractivity (Wildman–Crippen MR) is 125 cm³/mol. The van der Waals surface area contributed by atoms with Gasteiger partial charge in [-0.3, -0.25) is 4.79 Å². The van der Waals surface area contributed by atoms with Gasteiger partial charge in [0.25, 0.3) is 0 Å². The lowest BCUT2D eigenvalue weighted by molar-refractivity contribution is -0.126. The number of rotatable bonds is 7. The van der Waals surface area contributed by atoms with Gasteiger partial charge in [-0.05, 0) is 45.1 Å². The Balaban J connectivity index is 1.57. The molecule has 162 valence electrons. The molecule has 0 saturated heterocycles. The number of ether oxygens (including phenoxy) is 1. The van der Waals surface area contributed by atoms with Crippen LogP contribution in [-0.4, -0.2) is 59.5 Å². The van der Waals surface area contributed by atoms with Crippen LogP contribution in [0.4, 0.5) is 11.5 Å². The molecule has 1 amide bonds. The fraction of sp³-hybridized carbons (Fsp3) is 0.348. The van der Waals surface area contributed by atoms with Crippen LogP contribution >= 0.6 is 11.3 Å². The highest BCUT2D eigenvalue weighted by Crippen LogP contribution is 2.38. The topological polar surface area (TPSA) is 70.6 Å². The quantitative estimate of drug-likeness (QED) is 0.567. The second-order valence-corrected chi connectivity index (χ2v) is 8.75. The third-order valence-corrected chi connectivity index (χ3v) is 6.21. The van der Waals surface area contributed by atoms with Gasteiger partial charge in [0.15, 0.2) is 0 Å². The van der Waals surface area contributed by atoms with Crippen molar-refractivity contribution in [3.63, 3.8) is 0 Å². The number of fused-ring (bicyclic) bond motifs is 3. The molecule has 1 aromatic carbocycles. The zero-order valence-corrected chi connectivity index (χ0v) is 18.9. The van der Waals surface area contributed by atoms with Crippen LogP contribution in [0.25, 0.3) is 10.2 Å². The molecule has 8 heteroatoms. The third kappa shape index (κ3) is 4.86. The van der Waals surface area contributed by atoms with E-state index in [0.29, 0.717) is 19.7 Å². The first-order valence-electron chi connectivity index (χ1n) is 10.4. The molecule has 0 fully saturated rings. The van der Waals surface area contributed by atoms with Gasteiger partial charge in [-0.2, -0.15) is 0 Å². The van der Waals surface area contributed by atoms with E-state index in [1.165, 1.54) is 10.4 Å². The van der Waals surface area contributed by atoms with Crippen molar-refractivity contribution in [1.29, 1.82) is 0 Å². The third-order valence-electron chi connectivity index (χ3n) is 5.09. The molecule has 3 aromatic rings. The van der Waals surface area contributed by atoms with Crippen molar-refractivity contribution < 1.29 is 9.53 Å². The Labute approximate surface area is 186 Å². The van der Waals surface area contributed by atoms with Gasteiger partial charge in [0.2, 0.25) is 5.91 Å². The Morgan fingerprint density at radius 2 is 2.23 bits per heavy atom. The van der Waals surface area contributed by atoms with Crippen molar-refractivity contribution in [2.45, 2.75) is 19.9 Å². The van der Waals surface area contributed by atoms with E-state index in [4.69, 9.17) is 4.74 Å². The lowest BCUT2D eigenvalue weighted by Crippen LogP contribution is -2.34. The highest BCUT2D eigenvalue weighted by atomic mass is 32.1. The number of hydrogen-bond acceptors (Lipinski definition) is 7. The summed E-state index contributed by atoms with van der Waals surface area (Å²) in [6.07, 6.45) is 5.97. The zero-order chi connectivity index (χ0) is 21.8. The molecular weight excluding hydrogens is 410 g/mol. The molecule has 0 unspecified atom stereocenters. The lowest BCUT2D eigenvalue weighted by atomic mass is 10.0. The van der Waals surface area contributed by atoms with Crippen LogP contribution in [0.2, 0.25) is 0 Å². The molecule has 2 aromatic heterocycles. The highest BCUT2D eigenvalue weighted by molar-refractivity contribution is 7.19. The largest absolute Gasteiger partial charge is 0.494 e. The summed E-state index contributed by atoms with van der Waals surface area (Å²) in [5.41, 5.74) is 2.16. The van der Waals surface area contributed by atoms with E-state index < -0.39 is 0 Å². The van der Waals surface area contributed by atoms with E-state index in [9.17, 15) is 4.79 Å². The number of hydrogen-bond donors (Lipinski definition) is 1. The standard InChI is InChI=1S/C23H27N5O2S/c1-4-30-17-8-5-7-16(13-17)26-22-21-18-10-12-28(20(29)9-6-11-27(2)3)14-19(18)31-23(21)25-15-24-22/h5-9,13,15H,4,10-12,14H2,1-3H3,(H,24,25,26). The number of nitrogens with one attached hydrogen (secondary N) is 1. The smallest absolute Gasteiger partial charge is 0.246 e. The molecule has 1 N–H and O–H groups in total. The van der Waals surface area contributed by atoms with Gasteiger partial charge < -0.3 is 19.9 Å². The molecule has 7 nitrogen and oxygen atoms in total. The van der Waals surface area contributed by atoms with Crippen LogP contribution in [0.15, 0.2) is 42.7 Å². The van der Waals surface area contributed by atoms with Crippen molar-refractivity contribution in [2.75, 3.05) is 39.1 Å². The number of likely N-dealkylation sites (N-methyl/N-ethyl adjacent to an activating group) is 1. The van der Waals surface area contributed by atoms with E-state index in [0.717, 1.165) is 40.4 Å². The maximum atomic E-state index is 12.6. The number of benzene rings is 1. The van der Waals surface area contributed by atoms with Gasteiger partial charge in [0.05, 0.1) is 18.5 Å². The number of aromatic nitrogens is 2. The summed E-state index contributed by atoms with van der Waals surface area (Å²) in [4.78, 5) is 27.6. The number of anilines is 2. The van der Waals surface area contributed by atoms with Crippen molar-refractivity contribution in [3.05, 3.63) is 53.2 Å². The van der Waals surface area contributed by atoms with Gasteiger partial charge in [0, 0.05) is 35.8 Å². The summed E-state index contributed by atoms with van der Waals surface area (Å²) in [7, 11) is 3.97. The molecule has 3 heterocycles. The first-order chi connectivity index (χ1) is 15.0. The van der Waals surface area contributed by atoms with Gasteiger partial charge in [0.1, 0.15) is 22.7 Å². The monoisotopic (exact) mass is 437 g/mol. The molecular formula is C23H27N5O2S. The number of carbonyl (C=O) groups excluding carboxylic acids is 1. The van der Waals surface area contributed by atoms with E-state index in [-0.39, 0.29) is 5.91 Å². The summed E-state index contributed by atoms with van der Waals surface area (Å²) in [5, 5.41) is 4.49. The van der Waals surface area contributed by atoms with Crippen LogP contribution < -0.4 is 10.1 Å². The predicted octanol–water partition coefficient (Wildman–Crippen LogP) is 3.84. The van der Waals surface area contributed by atoms with Gasteiger partial charge in [-0.25, -0.2) is 9.97 Å². The van der Waals surface area contributed by atoms with Gasteiger partial charge in [-0.15, -0.1) is 11.3 Å². The average molecular weight is 438 g/mol. The Bertz CT molecular complexity index is 1110. The normalized spacial score (nSPS) is 13.7. The van der Waals surface area contributed by atoms with E-state index in [1.54, 1.807) is 23.7 Å². The van der Waals surface area contributed by atoms with Gasteiger partial charge >= 0.3 is 0 Å². The van der Waals surface area contributed by atoms with Crippen LogP contribution in [-0.2, 0) is 17.8 Å². The van der Waals surface area contributed by atoms with Crippen LogP contribution in [0, 0.1) is 0 Å². The maximum absolute atomic E-state index is 12.6. The molecule has 0 saturated carbocycles. The average Bonchev–Trinajstić information content (AvgIpc) is 3.12. The molecule has 4 rings (SSSR count). The first kappa shape index (κ1) is 21.3. The van der Waals surface area contributed by atoms with E-state index in [1.807, 2.05) is 61.2 Å². The molecule has 0 radical (unpaired) electrons.